The Morgan fingerprint density at radius 2 is 2.21 bits per heavy atom. The van der Waals surface area contributed by atoms with Crippen molar-refractivity contribution < 1.29 is 4.79 Å². The summed E-state index contributed by atoms with van der Waals surface area (Å²) in [5, 5.41) is 0. The summed E-state index contributed by atoms with van der Waals surface area (Å²) in [5.41, 5.74) is 6.72. The van der Waals surface area contributed by atoms with Crippen LogP contribution in [0.3, 0.4) is 0 Å². The van der Waals surface area contributed by atoms with Crippen molar-refractivity contribution in [1.82, 2.24) is 14.9 Å². The number of aromatic amines is 1. The third-order valence-electron chi connectivity index (χ3n) is 4.47. The van der Waals surface area contributed by atoms with E-state index in [0.29, 0.717) is 0 Å². The number of carbonyl (C=O) groups is 1. The number of nitrogens with one attached hydrogen (secondary N) is 1. The monoisotopic (exact) mass is 262 g/mol. The fraction of sp³-hybridized carbons (Fsp3) is 0.714. The maximum Gasteiger partial charge on any atom is 0.243 e. The lowest BCUT2D eigenvalue weighted by molar-refractivity contribution is -0.138. The van der Waals surface area contributed by atoms with Crippen LogP contribution >= 0.6 is 0 Å². The molecule has 0 unspecified atom stereocenters. The van der Waals surface area contributed by atoms with Gasteiger partial charge in [0.15, 0.2) is 0 Å². The molecule has 0 aromatic carbocycles. The average molecular weight is 262 g/mol. The minimum absolute atomic E-state index is 0.0854. The number of aromatic nitrogens is 2. The van der Waals surface area contributed by atoms with Crippen molar-refractivity contribution in [3.63, 3.8) is 0 Å². The molecule has 0 radical (unpaired) electrons. The number of H-pyrrole nitrogens is 1. The normalized spacial score (nSPS) is 26.0. The number of amides is 1. The molecule has 5 heteroatoms. The molecule has 1 saturated carbocycles. The number of nitrogens with two attached hydrogens (primary N) is 1. The molecule has 2 aliphatic rings. The standard InChI is InChI=1S/C14H22N4O/c1-10-9-16-12(17-10)11-5-4-8-18(11)13(19)14(15)6-2-3-7-14/h9,11H,2-8,15H2,1H3,(H,16,17)/t11-/m0/s1. The number of hydrogen-bond donors (Lipinski definition) is 2. The van der Waals surface area contributed by atoms with E-state index in [2.05, 4.69) is 9.97 Å². The van der Waals surface area contributed by atoms with Crippen molar-refractivity contribution >= 4 is 5.91 Å². The summed E-state index contributed by atoms with van der Waals surface area (Å²) in [6.07, 6.45) is 7.63. The van der Waals surface area contributed by atoms with Gasteiger partial charge in [-0.25, -0.2) is 4.98 Å². The SMILES string of the molecule is Cc1cnc([C@@H]2CCCN2C(=O)C2(N)CCCC2)[nH]1. The first kappa shape index (κ1) is 12.7. The Bertz CT molecular complexity index is 476. The number of aryl methyl sites for hydroxylation is 1. The highest BCUT2D eigenvalue weighted by molar-refractivity contribution is 5.87. The van der Waals surface area contributed by atoms with Gasteiger partial charge in [0.1, 0.15) is 5.82 Å². The molecular formula is C14H22N4O. The second-order valence-corrected chi connectivity index (χ2v) is 5.97. The van der Waals surface area contributed by atoms with Gasteiger partial charge in [-0.2, -0.15) is 0 Å². The molecule has 3 rings (SSSR count). The molecule has 2 heterocycles. The van der Waals surface area contributed by atoms with Gasteiger partial charge in [-0.3, -0.25) is 4.79 Å². The van der Waals surface area contributed by atoms with E-state index < -0.39 is 5.54 Å². The van der Waals surface area contributed by atoms with E-state index in [1.54, 1.807) is 0 Å². The number of nitrogens with zero attached hydrogens (tertiary/aromatic N) is 2. The van der Waals surface area contributed by atoms with Crippen LogP contribution in [0.15, 0.2) is 6.20 Å². The lowest BCUT2D eigenvalue weighted by atomic mass is 9.96. The van der Waals surface area contributed by atoms with Crippen LogP contribution in [0.25, 0.3) is 0 Å². The lowest BCUT2D eigenvalue weighted by Gasteiger charge is -2.32. The molecule has 104 valence electrons. The van der Waals surface area contributed by atoms with Gasteiger partial charge in [-0.15, -0.1) is 0 Å². The Balaban J connectivity index is 1.81. The molecule has 1 amide bonds. The summed E-state index contributed by atoms with van der Waals surface area (Å²) in [4.78, 5) is 22.3. The first-order valence-electron chi connectivity index (χ1n) is 7.22. The molecule has 1 saturated heterocycles. The zero-order valence-corrected chi connectivity index (χ0v) is 11.5. The quantitative estimate of drug-likeness (QED) is 0.851. The predicted octanol–water partition coefficient (Wildman–Crippen LogP) is 1.65. The van der Waals surface area contributed by atoms with Crippen LogP contribution in [0.2, 0.25) is 0 Å². The van der Waals surface area contributed by atoms with Gasteiger partial charge < -0.3 is 15.6 Å². The second kappa shape index (κ2) is 4.63. The summed E-state index contributed by atoms with van der Waals surface area (Å²) in [5.74, 6) is 1.03. The topological polar surface area (TPSA) is 75.0 Å². The van der Waals surface area contributed by atoms with Crippen LogP contribution < -0.4 is 5.73 Å². The van der Waals surface area contributed by atoms with Crippen molar-refractivity contribution in [3.05, 3.63) is 17.7 Å². The van der Waals surface area contributed by atoms with E-state index >= 15 is 0 Å². The van der Waals surface area contributed by atoms with Crippen molar-refractivity contribution in [2.24, 2.45) is 5.73 Å². The molecule has 2 fully saturated rings. The number of imidazole rings is 1. The molecule has 19 heavy (non-hydrogen) atoms. The van der Waals surface area contributed by atoms with Gasteiger partial charge in [0.2, 0.25) is 5.91 Å². The Labute approximate surface area is 113 Å². The van der Waals surface area contributed by atoms with Crippen LogP contribution in [-0.4, -0.2) is 32.9 Å². The van der Waals surface area contributed by atoms with E-state index in [1.165, 1.54) is 0 Å². The van der Waals surface area contributed by atoms with Crippen molar-refractivity contribution in [1.29, 1.82) is 0 Å². The summed E-state index contributed by atoms with van der Waals surface area (Å²) in [6.45, 7) is 2.79. The fourth-order valence-electron chi connectivity index (χ4n) is 3.40. The van der Waals surface area contributed by atoms with Gasteiger partial charge in [-0.1, -0.05) is 12.8 Å². The molecule has 5 nitrogen and oxygen atoms in total. The molecule has 0 bridgehead atoms. The highest BCUT2D eigenvalue weighted by atomic mass is 16.2. The summed E-state index contributed by atoms with van der Waals surface area (Å²) < 4.78 is 0. The molecule has 1 aromatic heterocycles. The minimum Gasteiger partial charge on any atom is -0.344 e. The Kier molecular flexibility index (Phi) is 3.09. The number of rotatable bonds is 2. The van der Waals surface area contributed by atoms with E-state index in [4.69, 9.17) is 5.73 Å². The largest absolute Gasteiger partial charge is 0.344 e. The summed E-state index contributed by atoms with van der Waals surface area (Å²) in [7, 11) is 0. The third kappa shape index (κ3) is 2.16. The van der Waals surface area contributed by atoms with E-state index in [0.717, 1.165) is 56.6 Å². The highest BCUT2D eigenvalue weighted by Gasteiger charge is 2.43. The molecule has 1 aliphatic carbocycles. The first-order chi connectivity index (χ1) is 9.10. The van der Waals surface area contributed by atoms with Crippen LogP contribution in [0, 0.1) is 6.92 Å². The van der Waals surface area contributed by atoms with Crippen molar-refractivity contribution in [2.45, 2.75) is 57.0 Å². The zero-order chi connectivity index (χ0) is 13.5. The second-order valence-electron chi connectivity index (χ2n) is 5.97. The van der Waals surface area contributed by atoms with Crippen molar-refractivity contribution in [3.8, 4) is 0 Å². The highest BCUT2D eigenvalue weighted by Crippen LogP contribution is 2.36. The Morgan fingerprint density at radius 1 is 1.47 bits per heavy atom. The third-order valence-corrected chi connectivity index (χ3v) is 4.47. The van der Waals surface area contributed by atoms with E-state index in [1.807, 2.05) is 18.0 Å². The maximum atomic E-state index is 12.7. The fourth-order valence-corrected chi connectivity index (χ4v) is 3.40. The summed E-state index contributed by atoms with van der Waals surface area (Å²) >= 11 is 0. The Morgan fingerprint density at radius 3 is 2.84 bits per heavy atom. The molecule has 1 aromatic rings. The van der Waals surface area contributed by atoms with Crippen LogP contribution in [0.5, 0.6) is 0 Å². The molecular weight excluding hydrogens is 240 g/mol. The van der Waals surface area contributed by atoms with Crippen LogP contribution in [-0.2, 0) is 4.79 Å². The first-order valence-corrected chi connectivity index (χ1v) is 7.22. The van der Waals surface area contributed by atoms with E-state index in [9.17, 15) is 4.79 Å². The predicted molar refractivity (Wildman–Crippen MR) is 72.4 cm³/mol. The lowest BCUT2D eigenvalue weighted by Crippen LogP contribution is -2.53. The van der Waals surface area contributed by atoms with Gasteiger partial charge in [0.05, 0.1) is 11.6 Å². The van der Waals surface area contributed by atoms with Gasteiger partial charge in [0.25, 0.3) is 0 Å². The average Bonchev–Trinajstić information content (AvgIpc) is 3.08. The number of carbonyl (C=O) groups excluding carboxylic acids is 1. The minimum atomic E-state index is -0.621. The van der Waals surface area contributed by atoms with Gasteiger partial charge in [-0.05, 0) is 32.6 Å². The number of likely N-dealkylation sites (tertiary alicyclic amines) is 1. The smallest absolute Gasteiger partial charge is 0.243 e. The number of hydrogen-bond acceptors (Lipinski definition) is 3. The van der Waals surface area contributed by atoms with Gasteiger partial charge >= 0.3 is 0 Å². The van der Waals surface area contributed by atoms with E-state index in [-0.39, 0.29) is 11.9 Å². The maximum absolute atomic E-state index is 12.7. The van der Waals surface area contributed by atoms with Crippen LogP contribution in [0.4, 0.5) is 0 Å². The molecule has 0 spiro atoms. The molecule has 1 atom stereocenters. The van der Waals surface area contributed by atoms with Crippen molar-refractivity contribution in [2.75, 3.05) is 6.54 Å². The Hall–Kier alpha value is -1.36. The molecule has 1 aliphatic heterocycles. The molecule has 3 N–H and O–H groups in total. The van der Waals surface area contributed by atoms with Crippen LogP contribution in [0.1, 0.15) is 56.1 Å². The summed E-state index contributed by atoms with van der Waals surface area (Å²) in [6, 6.07) is 0.0854. The van der Waals surface area contributed by atoms with Gasteiger partial charge in [0, 0.05) is 18.4 Å². The zero-order valence-electron chi connectivity index (χ0n) is 11.5.